The number of aryl methyl sites for hydroxylation is 1. The van der Waals surface area contributed by atoms with Gasteiger partial charge in [-0.05, 0) is 80.4 Å². The molecule has 2 aromatic rings. The normalized spacial score (nSPS) is 34.3. The Bertz CT molecular complexity index is 852. The van der Waals surface area contributed by atoms with Crippen molar-refractivity contribution in [3.63, 3.8) is 0 Å². The molecule has 0 aliphatic heterocycles. The van der Waals surface area contributed by atoms with Crippen LogP contribution in [-0.2, 0) is 10.2 Å². The van der Waals surface area contributed by atoms with Gasteiger partial charge in [-0.3, -0.25) is 4.79 Å². The van der Waals surface area contributed by atoms with Gasteiger partial charge in [-0.25, -0.2) is 5.43 Å². The first-order valence-electron chi connectivity index (χ1n) is 10.0. The zero-order valence-corrected chi connectivity index (χ0v) is 15.8. The van der Waals surface area contributed by atoms with E-state index in [1.54, 1.807) is 12.5 Å². The summed E-state index contributed by atoms with van der Waals surface area (Å²) in [5, 5.41) is 4.16. The van der Waals surface area contributed by atoms with Crippen LogP contribution in [0.3, 0.4) is 0 Å². The van der Waals surface area contributed by atoms with E-state index in [9.17, 15) is 4.79 Å². The number of benzene rings is 1. The lowest BCUT2D eigenvalue weighted by atomic mass is 9.42. The molecular weight excluding hydrogens is 336 g/mol. The van der Waals surface area contributed by atoms with Gasteiger partial charge in [-0.1, -0.05) is 29.8 Å². The SMILES string of the molecule is Cc1ccc(C23C[C@@H]4C[C@@H](CC(C(=O)N/N=C\c5ccco5)(C4)C2)C3)cc1. The van der Waals surface area contributed by atoms with Gasteiger partial charge < -0.3 is 4.42 Å². The van der Waals surface area contributed by atoms with E-state index in [0.717, 1.165) is 19.3 Å². The molecule has 4 bridgehead atoms. The van der Waals surface area contributed by atoms with E-state index in [1.165, 1.54) is 30.4 Å². The topological polar surface area (TPSA) is 54.6 Å². The molecule has 4 aliphatic carbocycles. The highest BCUT2D eigenvalue weighted by Crippen LogP contribution is 2.65. The Morgan fingerprint density at radius 2 is 1.89 bits per heavy atom. The van der Waals surface area contributed by atoms with E-state index in [-0.39, 0.29) is 16.7 Å². The summed E-state index contributed by atoms with van der Waals surface area (Å²) in [5.41, 5.74) is 5.45. The average Bonchev–Trinajstić information content (AvgIpc) is 3.14. The summed E-state index contributed by atoms with van der Waals surface area (Å²) in [6.07, 6.45) is 9.92. The van der Waals surface area contributed by atoms with Crippen LogP contribution in [0.1, 0.15) is 55.4 Å². The average molecular weight is 362 g/mol. The summed E-state index contributed by atoms with van der Waals surface area (Å²) in [6, 6.07) is 12.7. The number of nitrogens with one attached hydrogen (secondary N) is 1. The van der Waals surface area contributed by atoms with Gasteiger partial charge >= 0.3 is 0 Å². The third-order valence-corrected chi connectivity index (χ3v) is 7.11. The molecule has 4 fully saturated rings. The highest BCUT2D eigenvalue weighted by atomic mass is 16.3. The van der Waals surface area contributed by atoms with Gasteiger partial charge in [0, 0.05) is 0 Å². The maximum absolute atomic E-state index is 13.2. The van der Waals surface area contributed by atoms with E-state index in [0.29, 0.717) is 17.6 Å². The lowest BCUT2D eigenvalue weighted by Gasteiger charge is -2.61. The lowest BCUT2D eigenvalue weighted by molar-refractivity contribution is -0.149. The number of carbonyl (C=O) groups excluding carboxylic acids is 1. The van der Waals surface area contributed by atoms with E-state index < -0.39 is 0 Å². The minimum Gasteiger partial charge on any atom is -0.463 e. The maximum atomic E-state index is 13.2. The lowest BCUT2D eigenvalue weighted by Crippen LogP contribution is -2.58. The molecule has 0 radical (unpaired) electrons. The molecule has 1 aromatic carbocycles. The first-order chi connectivity index (χ1) is 13.1. The standard InChI is InChI=1S/C23H26N2O2/c1-16-4-6-19(7-5-16)22-10-17-9-18(11-22)13-23(12-17,15-22)21(26)25-24-14-20-3-2-8-27-20/h2-8,14,17-18H,9-13,15H2,1H3,(H,25,26)/b24-14-/t17-,18+,22?,23?. The molecule has 0 saturated heterocycles. The predicted octanol–water partition coefficient (Wildman–Crippen LogP) is 4.58. The molecule has 4 atom stereocenters. The smallest absolute Gasteiger partial charge is 0.246 e. The van der Waals surface area contributed by atoms with Gasteiger partial charge in [-0.15, -0.1) is 0 Å². The van der Waals surface area contributed by atoms with Gasteiger partial charge in [0.1, 0.15) is 5.76 Å². The first kappa shape index (κ1) is 16.8. The summed E-state index contributed by atoms with van der Waals surface area (Å²) in [4.78, 5) is 13.2. The van der Waals surface area contributed by atoms with Crippen molar-refractivity contribution in [2.24, 2.45) is 22.4 Å². The number of carbonyl (C=O) groups is 1. The first-order valence-corrected chi connectivity index (χ1v) is 10.0. The molecule has 2 unspecified atom stereocenters. The monoisotopic (exact) mass is 362 g/mol. The minimum absolute atomic E-state index is 0.0934. The van der Waals surface area contributed by atoms with Gasteiger partial charge in [-0.2, -0.15) is 5.10 Å². The third-order valence-electron chi connectivity index (χ3n) is 7.11. The van der Waals surface area contributed by atoms with Crippen molar-refractivity contribution >= 4 is 12.1 Å². The molecule has 1 N–H and O–H groups in total. The third kappa shape index (κ3) is 2.82. The van der Waals surface area contributed by atoms with Crippen LogP contribution in [-0.4, -0.2) is 12.1 Å². The Morgan fingerprint density at radius 1 is 1.15 bits per heavy atom. The second-order valence-electron chi connectivity index (χ2n) is 9.10. The predicted molar refractivity (Wildman–Crippen MR) is 104 cm³/mol. The number of hydrogen-bond donors (Lipinski definition) is 1. The van der Waals surface area contributed by atoms with E-state index in [4.69, 9.17) is 4.42 Å². The highest BCUT2D eigenvalue weighted by molar-refractivity contribution is 5.85. The zero-order chi connectivity index (χ0) is 18.5. The fourth-order valence-electron chi connectivity index (χ4n) is 6.41. The summed E-state index contributed by atoms with van der Waals surface area (Å²) in [5.74, 6) is 2.06. The molecule has 4 aliphatic rings. The molecule has 140 valence electrons. The van der Waals surface area contributed by atoms with Gasteiger partial charge in [0.15, 0.2) is 0 Å². The van der Waals surface area contributed by atoms with Crippen LogP contribution in [0.15, 0.2) is 52.2 Å². The van der Waals surface area contributed by atoms with Crippen molar-refractivity contribution in [3.05, 3.63) is 59.5 Å². The molecule has 4 saturated carbocycles. The zero-order valence-electron chi connectivity index (χ0n) is 15.8. The van der Waals surface area contributed by atoms with Crippen molar-refractivity contribution in [3.8, 4) is 0 Å². The number of furan rings is 1. The van der Waals surface area contributed by atoms with E-state index in [1.807, 2.05) is 12.1 Å². The molecule has 0 spiro atoms. The maximum Gasteiger partial charge on any atom is 0.246 e. The van der Waals surface area contributed by atoms with Crippen molar-refractivity contribution in [2.75, 3.05) is 0 Å². The molecule has 1 amide bonds. The Balaban J connectivity index is 1.41. The van der Waals surface area contributed by atoms with Crippen LogP contribution in [0.25, 0.3) is 0 Å². The molecular formula is C23H26N2O2. The molecule has 1 aromatic heterocycles. The minimum atomic E-state index is -0.268. The highest BCUT2D eigenvalue weighted by Gasteiger charge is 2.60. The van der Waals surface area contributed by atoms with Crippen molar-refractivity contribution in [1.82, 2.24) is 5.43 Å². The van der Waals surface area contributed by atoms with Gasteiger partial charge in [0.25, 0.3) is 0 Å². The fraction of sp³-hybridized carbons (Fsp3) is 0.478. The number of rotatable bonds is 4. The van der Waals surface area contributed by atoms with Crippen LogP contribution in [0, 0.1) is 24.2 Å². The number of nitrogens with zero attached hydrogens (tertiary/aromatic N) is 1. The Labute approximate surface area is 160 Å². The quantitative estimate of drug-likeness (QED) is 0.639. The second-order valence-corrected chi connectivity index (χ2v) is 9.10. The van der Waals surface area contributed by atoms with Gasteiger partial charge in [0.2, 0.25) is 5.91 Å². The summed E-state index contributed by atoms with van der Waals surface area (Å²) in [7, 11) is 0. The van der Waals surface area contributed by atoms with Crippen LogP contribution < -0.4 is 5.43 Å². The molecule has 6 rings (SSSR count). The van der Waals surface area contributed by atoms with Crippen molar-refractivity contribution < 1.29 is 9.21 Å². The molecule has 4 heteroatoms. The Morgan fingerprint density at radius 3 is 2.56 bits per heavy atom. The van der Waals surface area contributed by atoms with E-state index in [2.05, 4.69) is 41.7 Å². The van der Waals surface area contributed by atoms with E-state index >= 15 is 0 Å². The van der Waals surface area contributed by atoms with Crippen LogP contribution >= 0.6 is 0 Å². The molecule has 4 nitrogen and oxygen atoms in total. The Hall–Kier alpha value is -2.36. The number of hydrazone groups is 1. The van der Waals surface area contributed by atoms with Crippen molar-refractivity contribution in [2.45, 2.75) is 50.9 Å². The molecule has 1 heterocycles. The van der Waals surface area contributed by atoms with Gasteiger partial charge in [0.05, 0.1) is 17.9 Å². The van der Waals surface area contributed by atoms with Crippen LogP contribution in [0.2, 0.25) is 0 Å². The van der Waals surface area contributed by atoms with Crippen LogP contribution in [0.4, 0.5) is 0 Å². The largest absolute Gasteiger partial charge is 0.463 e. The second kappa shape index (κ2) is 6.08. The summed E-state index contributed by atoms with van der Waals surface area (Å²) >= 11 is 0. The van der Waals surface area contributed by atoms with Crippen molar-refractivity contribution in [1.29, 1.82) is 0 Å². The van der Waals surface area contributed by atoms with Crippen LogP contribution in [0.5, 0.6) is 0 Å². The summed E-state index contributed by atoms with van der Waals surface area (Å²) < 4.78 is 5.25. The summed E-state index contributed by atoms with van der Waals surface area (Å²) in [6.45, 7) is 2.13. The fourth-order valence-corrected chi connectivity index (χ4v) is 6.41. The molecule has 27 heavy (non-hydrogen) atoms. The Kier molecular flexibility index (Phi) is 3.78. The number of amides is 1. The number of hydrogen-bond acceptors (Lipinski definition) is 3.